The van der Waals surface area contributed by atoms with Gasteiger partial charge < -0.3 is 24.6 Å². The van der Waals surface area contributed by atoms with Crippen molar-refractivity contribution >= 4 is 47.3 Å². The van der Waals surface area contributed by atoms with Crippen LogP contribution in [-0.4, -0.2) is 79.7 Å². The van der Waals surface area contributed by atoms with E-state index in [1.807, 2.05) is 16.4 Å². The van der Waals surface area contributed by atoms with Crippen LogP contribution in [0.3, 0.4) is 0 Å². The van der Waals surface area contributed by atoms with Crippen LogP contribution in [0.5, 0.6) is 0 Å². The fourth-order valence-electron chi connectivity index (χ4n) is 4.08. The molecule has 1 N–H and O–H groups in total. The van der Waals surface area contributed by atoms with Gasteiger partial charge in [0, 0.05) is 57.4 Å². The number of aryl methyl sites for hydroxylation is 1. The molecule has 1 fully saturated rings. The lowest BCUT2D eigenvalue weighted by atomic mass is 10.1. The van der Waals surface area contributed by atoms with E-state index in [9.17, 15) is 9.59 Å². The molecule has 1 amide bonds. The lowest BCUT2D eigenvalue weighted by Crippen LogP contribution is -2.44. The smallest absolute Gasteiger partial charge is 0.256 e. The summed E-state index contributed by atoms with van der Waals surface area (Å²) in [4.78, 5) is 32.2. The molecule has 1 aliphatic heterocycles. The molecule has 0 bridgehead atoms. The number of pyridine rings is 1. The van der Waals surface area contributed by atoms with Crippen LogP contribution in [-0.2, 0) is 6.54 Å². The number of aromatic nitrogens is 1. The predicted octanol–water partition coefficient (Wildman–Crippen LogP) is 2.83. The molecule has 1 aromatic carbocycles. The standard InChI is InChI=1S/C23H34FN5O2.2ClH/c1-5-27(6-2)9-8-25-23(31)18-16-28(7-3)20-15-21(19(24)14-17(20)22(18)30)29-12-10-26(4)11-13-29;;/h14-16H,5-13H2,1-4H3,(H,25,31);2*1H. The van der Waals surface area contributed by atoms with Crippen LogP contribution < -0.4 is 15.6 Å². The number of halogens is 3. The van der Waals surface area contributed by atoms with Crippen molar-refractivity contribution in [2.45, 2.75) is 27.3 Å². The van der Waals surface area contributed by atoms with Crippen molar-refractivity contribution in [2.75, 3.05) is 64.3 Å². The lowest BCUT2D eigenvalue weighted by molar-refractivity contribution is 0.0947. The van der Waals surface area contributed by atoms with Crippen molar-refractivity contribution in [3.05, 3.63) is 39.9 Å². The monoisotopic (exact) mass is 503 g/mol. The molecule has 1 saturated heterocycles. The first kappa shape index (κ1) is 29.2. The molecule has 0 saturated carbocycles. The minimum atomic E-state index is -0.427. The SMILES string of the molecule is CCN(CC)CCNC(=O)c1cn(CC)c2cc(N3CCN(C)CC3)c(F)cc2c1=O.Cl.Cl. The number of nitrogens with zero attached hydrogens (tertiary/aromatic N) is 4. The summed E-state index contributed by atoms with van der Waals surface area (Å²) in [6.07, 6.45) is 1.60. The zero-order valence-corrected chi connectivity index (χ0v) is 21.5. The van der Waals surface area contributed by atoms with Gasteiger partial charge in [0.05, 0.1) is 11.2 Å². The third-order valence-corrected chi connectivity index (χ3v) is 6.19. The van der Waals surface area contributed by atoms with Crippen LogP contribution >= 0.6 is 24.8 Å². The van der Waals surface area contributed by atoms with Crippen molar-refractivity contribution in [2.24, 2.45) is 0 Å². The van der Waals surface area contributed by atoms with E-state index in [0.29, 0.717) is 24.3 Å². The Kier molecular flexibility index (Phi) is 11.6. The van der Waals surface area contributed by atoms with Gasteiger partial charge in [0.2, 0.25) is 5.43 Å². The van der Waals surface area contributed by atoms with Crippen molar-refractivity contribution in [3.63, 3.8) is 0 Å². The van der Waals surface area contributed by atoms with E-state index < -0.39 is 17.2 Å². The van der Waals surface area contributed by atoms with Gasteiger partial charge in [0.15, 0.2) is 0 Å². The molecule has 0 radical (unpaired) electrons. The lowest BCUT2D eigenvalue weighted by Gasteiger charge is -2.34. The second kappa shape index (κ2) is 13.1. The minimum absolute atomic E-state index is 0. The second-order valence-electron chi connectivity index (χ2n) is 8.05. The first-order chi connectivity index (χ1) is 14.9. The van der Waals surface area contributed by atoms with E-state index in [1.165, 1.54) is 6.07 Å². The number of anilines is 1. The number of piperazine rings is 1. The van der Waals surface area contributed by atoms with E-state index >= 15 is 4.39 Å². The van der Waals surface area contributed by atoms with Crippen LogP contribution in [0.25, 0.3) is 10.9 Å². The van der Waals surface area contributed by atoms with E-state index in [2.05, 4.69) is 36.0 Å². The average Bonchev–Trinajstić information content (AvgIpc) is 2.77. The van der Waals surface area contributed by atoms with Gasteiger partial charge in [-0.05, 0) is 39.2 Å². The summed E-state index contributed by atoms with van der Waals surface area (Å²) in [6, 6.07) is 3.05. The van der Waals surface area contributed by atoms with Gasteiger partial charge in [0.1, 0.15) is 11.4 Å². The highest BCUT2D eigenvalue weighted by atomic mass is 35.5. The molecule has 33 heavy (non-hydrogen) atoms. The summed E-state index contributed by atoms with van der Waals surface area (Å²) in [5, 5.41) is 3.08. The molecule has 1 aromatic heterocycles. The third-order valence-electron chi connectivity index (χ3n) is 6.19. The molecule has 0 aliphatic carbocycles. The van der Waals surface area contributed by atoms with Gasteiger partial charge in [-0.25, -0.2) is 4.39 Å². The zero-order chi connectivity index (χ0) is 22.5. The van der Waals surface area contributed by atoms with E-state index in [4.69, 9.17) is 0 Å². The first-order valence-electron chi connectivity index (χ1n) is 11.2. The summed E-state index contributed by atoms with van der Waals surface area (Å²) < 4.78 is 16.9. The molecule has 3 rings (SSSR count). The maximum Gasteiger partial charge on any atom is 0.256 e. The van der Waals surface area contributed by atoms with Crippen LogP contribution in [0.15, 0.2) is 23.1 Å². The van der Waals surface area contributed by atoms with Gasteiger partial charge in [-0.15, -0.1) is 24.8 Å². The molecule has 186 valence electrons. The number of rotatable bonds is 8. The van der Waals surface area contributed by atoms with Crippen LogP contribution in [0, 0.1) is 5.82 Å². The van der Waals surface area contributed by atoms with Crippen LogP contribution in [0.1, 0.15) is 31.1 Å². The van der Waals surface area contributed by atoms with Crippen LogP contribution in [0.2, 0.25) is 0 Å². The van der Waals surface area contributed by atoms with E-state index in [-0.39, 0.29) is 35.8 Å². The van der Waals surface area contributed by atoms with Crippen LogP contribution in [0.4, 0.5) is 10.1 Å². The van der Waals surface area contributed by atoms with Crippen molar-refractivity contribution in [1.29, 1.82) is 0 Å². The number of amides is 1. The van der Waals surface area contributed by atoms with Gasteiger partial charge >= 0.3 is 0 Å². The summed E-state index contributed by atoms with van der Waals surface area (Å²) in [6.45, 7) is 12.9. The quantitative estimate of drug-likeness (QED) is 0.600. The molecule has 7 nitrogen and oxygen atoms in total. The number of hydrogen-bond donors (Lipinski definition) is 1. The Morgan fingerprint density at radius 3 is 2.30 bits per heavy atom. The number of hydrogen-bond acceptors (Lipinski definition) is 5. The molecule has 10 heteroatoms. The Morgan fingerprint density at radius 2 is 1.73 bits per heavy atom. The summed E-state index contributed by atoms with van der Waals surface area (Å²) in [7, 11) is 2.05. The number of carbonyl (C=O) groups is 1. The highest BCUT2D eigenvalue weighted by Gasteiger charge is 2.21. The van der Waals surface area contributed by atoms with Crippen molar-refractivity contribution in [1.82, 2.24) is 19.7 Å². The number of fused-ring (bicyclic) bond motifs is 1. The first-order valence-corrected chi connectivity index (χ1v) is 11.2. The molecule has 2 heterocycles. The summed E-state index contributed by atoms with van der Waals surface area (Å²) in [5.41, 5.74) is 0.797. The minimum Gasteiger partial charge on any atom is -0.367 e. The van der Waals surface area contributed by atoms with Gasteiger partial charge in [0.25, 0.3) is 5.91 Å². The molecular formula is C23H36Cl2FN5O2. The molecule has 0 spiro atoms. The number of carbonyl (C=O) groups excluding carboxylic acids is 1. The zero-order valence-electron chi connectivity index (χ0n) is 19.9. The fraction of sp³-hybridized carbons (Fsp3) is 0.565. The number of nitrogens with one attached hydrogen (secondary N) is 1. The Balaban J connectivity index is 0.00000272. The van der Waals surface area contributed by atoms with Crippen molar-refractivity contribution in [3.8, 4) is 0 Å². The summed E-state index contributed by atoms with van der Waals surface area (Å²) in [5.74, 6) is -0.833. The maximum absolute atomic E-state index is 15.0. The average molecular weight is 504 g/mol. The van der Waals surface area contributed by atoms with E-state index in [0.717, 1.165) is 45.8 Å². The Labute approximate surface area is 207 Å². The van der Waals surface area contributed by atoms with E-state index in [1.54, 1.807) is 12.3 Å². The molecule has 0 unspecified atom stereocenters. The fourth-order valence-corrected chi connectivity index (χ4v) is 4.08. The molecular weight excluding hydrogens is 468 g/mol. The highest BCUT2D eigenvalue weighted by Crippen LogP contribution is 2.26. The number of benzene rings is 1. The van der Waals surface area contributed by atoms with Gasteiger partial charge in [-0.2, -0.15) is 0 Å². The number of likely N-dealkylation sites (N-methyl/N-ethyl adjacent to an activating group) is 2. The Morgan fingerprint density at radius 1 is 1.09 bits per heavy atom. The predicted molar refractivity (Wildman–Crippen MR) is 138 cm³/mol. The van der Waals surface area contributed by atoms with Crippen molar-refractivity contribution < 1.29 is 9.18 Å². The topological polar surface area (TPSA) is 60.8 Å². The second-order valence-corrected chi connectivity index (χ2v) is 8.05. The van der Waals surface area contributed by atoms with Gasteiger partial charge in [-0.1, -0.05) is 13.8 Å². The maximum atomic E-state index is 15.0. The largest absolute Gasteiger partial charge is 0.367 e. The molecule has 0 atom stereocenters. The Bertz CT molecular complexity index is 989. The third kappa shape index (κ3) is 6.59. The normalized spacial score (nSPS) is 14.2. The molecule has 1 aliphatic rings. The van der Waals surface area contributed by atoms with Gasteiger partial charge in [-0.3, -0.25) is 9.59 Å². The molecule has 2 aromatic rings. The highest BCUT2D eigenvalue weighted by molar-refractivity contribution is 5.97. The Hall–Kier alpha value is -1.87. The summed E-state index contributed by atoms with van der Waals surface area (Å²) >= 11 is 0.